The molecule has 0 atom stereocenters. The van der Waals surface area contributed by atoms with Crippen LogP contribution in [0.1, 0.15) is 32.6 Å². The molecule has 0 bridgehead atoms. The van der Waals surface area contributed by atoms with Gasteiger partial charge in [0.25, 0.3) is 6.47 Å². The molecule has 0 saturated heterocycles. The van der Waals surface area contributed by atoms with E-state index in [0.717, 1.165) is 0 Å². The van der Waals surface area contributed by atoms with Gasteiger partial charge in [0.1, 0.15) is 0 Å². The standard InChI is InChI=1S/C4H8.C3H6O2/c1-2-4-3-1;1-2-5-3-4/h1-4H2;3H,2H2,1H3. The van der Waals surface area contributed by atoms with Crippen molar-refractivity contribution in [2.45, 2.75) is 32.6 Å². The summed E-state index contributed by atoms with van der Waals surface area (Å²) < 4.78 is 4.15. The Labute approximate surface area is 56.2 Å². The summed E-state index contributed by atoms with van der Waals surface area (Å²) in [6, 6.07) is 0. The van der Waals surface area contributed by atoms with E-state index >= 15 is 0 Å². The first-order chi connectivity index (χ1) is 4.41. The number of ether oxygens (including phenoxy) is 1. The van der Waals surface area contributed by atoms with Crippen LogP contribution in [0.15, 0.2) is 0 Å². The number of hydrogen-bond donors (Lipinski definition) is 0. The van der Waals surface area contributed by atoms with E-state index in [-0.39, 0.29) is 0 Å². The normalized spacial score (nSPS) is 14.3. The third kappa shape index (κ3) is 7.47. The van der Waals surface area contributed by atoms with E-state index in [9.17, 15) is 4.79 Å². The average molecular weight is 130 g/mol. The summed E-state index contributed by atoms with van der Waals surface area (Å²) in [4.78, 5) is 9.18. The molecule has 1 aliphatic rings. The predicted molar refractivity (Wildman–Crippen MR) is 36.2 cm³/mol. The van der Waals surface area contributed by atoms with Crippen molar-refractivity contribution >= 4 is 6.47 Å². The Morgan fingerprint density at radius 2 is 1.78 bits per heavy atom. The maximum absolute atomic E-state index is 9.18. The molecule has 0 aromatic carbocycles. The van der Waals surface area contributed by atoms with Crippen molar-refractivity contribution in [3.8, 4) is 0 Å². The van der Waals surface area contributed by atoms with E-state index in [1.165, 1.54) is 25.7 Å². The van der Waals surface area contributed by atoms with Gasteiger partial charge in [0.15, 0.2) is 0 Å². The zero-order valence-corrected chi connectivity index (χ0v) is 5.93. The molecule has 0 aromatic rings. The minimum atomic E-state index is 0.431. The highest BCUT2D eigenvalue weighted by molar-refractivity contribution is 5.36. The maximum Gasteiger partial charge on any atom is 0.293 e. The monoisotopic (exact) mass is 130 g/mol. The Morgan fingerprint density at radius 1 is 1.33 bits per heavy atom. The van der Waals surface area contributed by atoms with Crippen LogP contribution in [-0.4, -0.2) is 13.1 Å². The van der Waals surface area contributed by atoms with Crippen LogP contribution in [0.5, 0.6) is 0 Å². The molecule has 9 heavy (non-hydrogen) atoms. The zero-order valence-electron chi connectivity index (χ0n) is 5.93. The second kappa shape index (κ2) is 7.47. The van der Waals surface area contributed by atoms with Gasteiger partial charge in [-0.1, -0.05) is 25.7 Å². The second-order valence-corrected chi connectivity index (χ2v) is 1.97. The maximum atomic E-state index is 9.18. The fourth-order valence-electron chi connectivity index (χ4n) is 0.318. The fraction of sp³-hybridized carbons (Fsp3) is 0.857. The summed E-state index contributed by atoms with van der Waals surface area (Å²) in [7, 11) is 0. The van der Waals surface area contributed by atoms with Crippen molar-refractivity contribution in [2.24, 2.45) is 0 Å². The first-order valence-electron chi connectivity index (χ1n) is 3.47. The lowest BCUT2D eigenvalue weighted by Gasteiger charge is -2.05. The van der Waals surface area contributed by atoms with Crippen LogP contribution >= 0.6 is 0 Å². The van der Waals surface area contributed by atoms with Gasteiger partial charge in [-0.05, 0) is 6.92 Å². The SMILES string of the molecule is C1CCC1.CCOC=O. The number of hydrogen-bond acceptors (Lipinski definition) is 2. The van der Waals surface area contributed by atoms with Crippen LogP contribution in [0.3, 0.4) is 0 Å². The Kier molecular flexibility index (Phi) is 7.03. The number of rotatable bonds is 2. The van der Waals surface area contributed by atoms with E-state index in [1.54, 1.807) is 6.92 Å². The van der Waals surface area contributed by atoms with Gasteiger partial charge in [0, 0.05) is 0 Å². The van der Waals surface area contributed by atoms with E-state index in [2.05, 4.69) is 4.74 Å². The van der Waals surface area contributed by atoms with Gasteiger partial charge in [-0.2, -0.15) is 0 Å². The van der Waals surface area contributed by atoms with Crippen molar-refractivity contribution in [3.05, 3.63) is 0 Å². The molecule has 2 heteroatoms. The molecule has 0 unspecified atom stereocenters. The quantitative estimate of drug-likeness (QED) is 0.532. The molecule has 1 saturated carbocycles. The molecule has 2 nitrogen and oxygen atoms in total. The van der Waals surface area contributed by atoms with Gasteiger partial charge >= 0.3 is 0 Å². The van der Waals surface area contributed by atoms with Crippen LogP contribution in [0.2, 0.25) is 0 Å². The Balaban J connectivity index is 0.000000144. The Bertz CT molecular complexity index is 53.9. The minimum Gasteiger partial charge on any atom is -0.468 e. The number of carbonyl (C=O) groups is 1. The molecule has 0 heterocycles. The molecule has 54 valence electrons. The fourth-order valence-corrected chi connectivity index (χ4v) is 0.318. The minimum absolute atomic E-state index is 0.431. The van der Waals surface area contributed by atoms with Crippen molar-refractivity contribution in [2.75, 3.05) is 6.61 Å². The highest BCUT2D eigenvalue weighted by Gasteiger charge is 1.95. The summed E-state index contributed by atoms with van der Waals surface area (Å²) in [6.07, 6.45) is 6.00. The van der Waals surface area contributed by atoms with Crippen LogP contribution in [0.25, 0.3) is 0 Å². The van der Waals surface area contributed by atoms with E-state index < -0.39 is 0 Å². The van der Waals surface area contributed by atoms with Crippen LogP contribution in [-0.2, 0) is 9.53 Å². The second-order valence-electron chi connectivity index (χ2n) is 1.97. The molecular formula is C7H14O2. The predicted octanol–water partition coefficient (Wildman–Crippen LogP) is 1.74. The average Bonchev–Trinajstić information content (AvgIpc) is 1.63. The van der Waals surface area contributed by atoms with Gasteiger partial charge in [0.05, 0.1) is 6.61 Å². The molecule has 0 N–H and O–H groups in total. The van der Waals surface area contributed by atoms with Gasteiger partial charge in [-0.15, -0.1) is 0 Å². The van der Waals surface area contributed by atoms with Crippen molar-refractivity contribution < 1.29 is 9.53 Å². The van der Waals surface area contributed by atoms with Crippen LogP contribution in [0, 0.1) is 0 Å². The summed E-state index contributed by atoms with van der Waals surface area (Å²) in [6.45, 7) is 2.66. The van der Waals surface area contributed by atoms with Gasteiger partial charge < -0.3 is 4.74 Å². The summed E-state index contributed by atoms with van der Waals surface area (Å²) >= 11 is 0. The molecule has 0 spiro atoms. The molecule has 1 aliphatic carbocycles. The molecule has 1 rings (SSSR count). The number of carbonyl (C=O) groups excluding carboxylic acids is 1. The lowest BCUT2D eigenvalue weighted by Crippen LogP contribution is -1.85. The third-order valence-corrected chi connectivity index (χ3v) is 1.23. The first-order valence-corrected chi connectivity index (χ1v) is 3.47. The lowest BCUT2D eigenvalue weighted by molar-refractivity contribution is -0.128. The van der Waals surface area contributed by atoms with E-state index in [0.29, 0.717) is 13.1 Å². The van der Waals surface area contributed by atoms with Gasteiger partial charge in [-0.3, -0.25) is 4.79 Å². The van der Waals surface area contributed by atoms with Crippen molar-refractivity contribution in [1.29, 1.82) is 0 Å². The molecule has 0 aromatic heterocycles. The van der Waals surface area contributed by atoms with Crippen LogP contribution in [0.4, 0.5) is 0 Å². The summed E-state index contributed by atoms with van der Waals surface area (Å²) in [5, 5.41) is 0. The van der Waals surface area contributed by atoms with Gasteiger partial charge in [-0.25, -0.2) is 0 Å². The summed E-state index contributed by atoms with van der Waals surface area (Å²) in [5.41, 5.74) is 0. The molecule has 1 fully saturated rings. The van der Waals surface area contributed by atoms with Crippen molar-refractivity contribution in [3.63, 3.8) is 0 Å². The highest BCUT2D eigenvalue weighted by Crippen LogP contribution is 2.15. The largest absolute Gasteiger partial charge is 0.468 e. The topological polar surface area (TPSA) is 26.3 Å². The lowest BCUT2D eigenvalue weighted by atomic mass is 10.0. The smallest absolute Gasteiger partial charge is 0.293 e. The zero-order chi connectivity index (χ0) is 6.95. The molecule has 0 radical (unpaired) electrons. The van der Waals surface area contributed by atoms with Crippen LogP contribution < -0.4 is 0 Å². The Hall–Kier alpha value is -0.530. The third-order valence-electron chi connectivity index (χ3n) is 1.23. The Morgan fingerprint density at radius 3 is 1.78 bits per heavy atom. The molecule has 0 amide bonds. The molecular weight excluding hydrogens is 116 g/mol. The van der Waals surface area contributed by atoms with Gasteiger partial charge in [0.2, 0.25) is 0 Å². The van der Waals surface area contributed by atoms with E-state index in [1.807, 2.05) is 0 Å². The summed E-state index contributed by atoms with van der Waals surface area (Å²) in [5.74, 6) is 0. The molecule has 0 aliphatic heterocycles. The first kappa shape index (κ1) is 8.47. The van der Waals surface area contributed by atoms with E-state index in [4.69, 9.17) is 0 Å². The highest BCUT2D eigenvalue weighted by atomic mass is 16.5. The van der Waals surface area contributed by atoms with Crippen molar-refractivity contribution in [1.82, 2.24) is 0 Å².